The molecule has 0 fully saturated rings. The van der Waals surface area contributed by atoms with E-state index in [-0.39, 0.29) is 5.82 Å². The molecule has 0 amide bonds. The summed E-state index contributed by atoms with van der Waals surface area (Å²) >= 11 is 0. The topological polar surface area (TPSA) is 35.0 Å². The predicted molar refractivity (Wildman–Crippen MR) is 121 cm³/mol. The molecule has 2 aromatic rings. The van der Waals surface area contributed by atoms with Crippen molar-refractivity contribution in [2.24, 2.45) is 0 Å². The van der Waals surface area contributed by atoms with Gasteiger partial charge in [-0.25, -0.2) is 18.7 Å². The van der Waals surface area contributed by atoms with Gasteiger partial charge in [0.05, 0.1) is 7.11 Å². The van der Waals surface area contributed by atoms with Crippen LogP contribution in [0.3, 0.4) is 0 Å². The lowest BCUT2D eigenvalue weighted by Gasteiger charge is -2.18. The van der Waals surface area contributed by atoms with Gasteiger partial charge in [-0.15, -0.1) is 12.8 Å². The van der Waals surface area contributed by atoms with Gasteiger partial charge >= 0.3 is 0 Å². The quantitative estimate of drug-likeness (QED) is 0.315. The number of allylic oxidation sites excluding steroid dienone is 3. The van der Waals surface area contributed by atoms with Gasteiger partial charge in [0.25, 0.3) is 0 Å². The van der Waals surface area contributed by atoms with E-state index in [4.69, 9.17) is 4.74 Å². The van der Waals surface area contributed by atoms with Crippen LogP contribution in [0.15, 0.2) is 48.4 Å². The van der Waals surface area contributed by atoms with Crippen molar-refractivity contribution in [1.82, 2.24) is 9.97 Å². The normalized spacial score (nSPS) is 11.6. The number of alkyl halides is 1. The van der Waals surface area contributed by atoms with Gasteiger partial charge in [-0.2, -0.15) is 0 Å². The smallest absolute Gasteiger partial charge is 0.155 e. The maximum atomic E-state index is 13.6. The number of hydrogen-bond donors (Lipinski definition) is 0. The van der Waals surface area contributed by atoms with Crippen LogP contribution in [0.2, 0.25) is 0 Å². The molecular weight excluding hydrogens is 382 g/mol. The fourth-order valence-electron chi connectivity index (χ4n) is 2.59. The van der Waals surface area contributed by atoms with Crippen molar-refractivity contribution in [3.05, 3.63) is 76.8 Å². The van der Waals surface area contributed by atoms with Gasteiger partial charge in [-0.3, -0.25) is 0 Å². The first-order valence-electron chi connectivity index (χ1n) is 9.62. The van der Waals surface area contributed by atoms with E-state index in [0.29, 0.717) is 5.56 Å². The van der Waals surface area contributed by atoms with E-state index in [1.807, 2.05) is 45.9 Å². The first-order valence-corrected chi connectivity index (χ1v) is 9.62. The summed E-state index contributed by atoms with van der Waals surface area (Å²) in [4.78, 5) is 8.53. The fourth-order valence-corrected chi connectivity index (χ4v) is 2.59. The number of ether oxygens (including phenoxy) is 1. The summed E-state index contributed by atoms with van der Waals surface area (Å²) in [6.07, 6.45) is 14.3. The highest BCUT2D eigenvalue weighted by Crippen LogP contribution is 2.28. The van der Waals surface area contributed by atoms with Gasteiger partial charge in [0.15, 0.2) is 5.82 Å². The minimum atomic E-state index is -1.46. The van der Waals surface area contributed by atoms with E-state index in [9.17, 15) is 8.78 Å². The number of nitrogens with zero attached hydrogens (tertiary/aromatic N) is 2. The van der Waals surface area contributed by atoms with Crippen molar-refractivity contribution in [2.75, 3.05) is 7.11 Å². The van der Waals surface area contributed by atoms with E-state index in [1.165, 1.54) is 26.0 Å². The molecule has 2 rings (SSSR count). The molecule has 0 bridgehead atoms. The highest BCUT2D eigenvalue weighted by atomic mass is 19.1. The Morgan fingerprint density at radius 2 is 1.87 bits per heavy atom. The van der Waals surface area contributed by atoms with Crippen LogP contribution in [0.1, 0.15) is 57.3 Å². The average Bonchev–Trinajstić information content (AvgIpc) is 2.73. The molecule has 0 unspecified atom stereocenters. The van der Waals surface area contributed by atoms with Gasteiger partial charge in [0.2, 0.25) is 0 Å². The SMILES string of the molecule is C#C.C/C=C(\C=C(/C)c1nccc(C)n1)OC.CCc1ccc(F)cc1C(C)(C)F. The predicted octanol–water partition coefficient (Wildman–Crippen LogP) is 6.58. The third-order valence-electron chi connectivity index (χ3n) is 4.12. The van der Waals surface area contributed by atoms with Crippen molar-refractivity contribution in [3.8, 4) is 12.8 Å². The van der Waals surface area contributed by atoms with Crippen LogP contribution >= 0.6 is 0 Å². The third-order valence-corrected chi connectivity index (χ3v) is 4.12. The van der Waals surface area contributed by atoms with Crippen molar-refractivity contribution >= 4 is 5.57 Å². The minimum Gasteiger partial charge on any atom is -0.497 e. The molecule has 1 aromatic heterocycles. The number of aryl methyl sites for hydroxylation is 2. The maximum absolute atomic E-state index is 13.6. The maximum Gasteiger partial charge on any atom is 0.155 e. The minimum absolute atomic E-state index is 0.377. The molecule has 0 aliphatic carbocycles. The van der Waals surface area contributed by atoms with Crippen molar-refractivity contribution in [3.63, 3.8) is 0 Å². The Morgan fingerprint density at radius 1 is 1.23 bits per heavy atom. The molecule has 0 atom stereocenters. The first-order chi connectivity index (χ1) is 14.1. The summed E-state index contributed by atoms with van der Waals surface area (Å²) in [5.74, 6) is 1.18. The van der Waals surface area contributed by atoms with E-state index >= 15 is 0 Å². The summed E-state index contributed by atoms with van der Waals surface area (Å²) in [7, 11) is 1.65. The number of methoxy groups -OCH3 is 1. The fraction of sp³-hybridized carbons (Fsp3) is 0.360. The average molecular weight is 415 g/mol. The van der Waals surface area contributed by atoms with Gasteiger partial charge in [0, 0.05) is 11.9 Å². The molecule has 0 aliphatic heterocycles. The number of halogens is 2. The van der Waals surface area contributed by atoms with Crippen LogP contribution in [0, 0.1) is 25.6 Å². The van der Waals surface area contributed by atoms with Gasteiger partial charge in [0.1, 0.15) is 17.2 Å². The highest BCUT2D eigenvalue weighted by Gasteiger charge is 2.22. The molecule has 162 valence electrons. The van der Waals surface area contributed by atoms with Crippen LogP contribution in [0.25, 0.3) is 5.57 Å². The van der Waals surface area contributed by atoms with Crippen molar-refractivity contribution in [1.29, 1.82) is 0 Å². The summed E-state index contributed by atoms with van der Waals surface area (Å²) < 4.78 is 31.6. The lowest BCUT2D eigenvalue weighted by Crippen LogP contribution is -2.12. The molecule has 0 radical (unpaired) electrons. The second kappa shape index (κ2) is 13.3. The molecule has 1 heterocycles. The second-order valence-electron chi connectivity index (χ2n) is 6.87. The number of aromatic nitrogens is 2. The molecule has 0 saturated heterocycles. The Balaban J connectivity index is 0.000000522. The summed E-state index contributed by atoms with van der Waals surface area (Å²) in [5, 5.41) is 0. The molecule has 0 saturated carbocycles. The monoisotopic (exact) mass is 414 g/mol. The Hall–Kier alpha value is -3.00. The van der Waals surface area contributed by atoms with Crippen LogP contribution in [0.5, 0.6) is 0 Å². The number of hydrogen-bond acceptors (Lipinski definition) is 3. The lowest BCUT2D eigenvalue weighted by molar-refractivity contribution is 0.219. The Labute approximate surface area is 179 Å². The molecule has 0 aliphatic rings. The van der Waals surface area contributed by atoms with Gasteiger partial charge in [-0.1, -0.05) is 13.0 Å². The van der Waals surface area contributed by atoms with Crippen LogP contribution in [0.4, 0.5) is 8.78 Å². The number of rotatable bonds is 5. The third kappa shape index (κ3) is 9.00. The van der Waals surface area contributed by atoms with E-state index in [1.54, 1.807) is 19.4 Å². The van der Waals surface area contributed by atoms with Gasteiger partial charge in [-0.05, 0) is 88.1 Å². The zero-order chi connectivity index (χ0) is 23.3. The van der Waals surface area contributed by atoms with E-state index in [2.05, 4.69) is 22.8 Å². The molecule has 3 nitrogen and oxygen atoms in total. The first kappa shape index (κ1) is 27.0. The van der Waals surface area contributed by atoms with Gasteiger partial charge < -0.3 is 4.74 Å². The molecule has 0 N–H and O–H groups in total. The molecule has 30 heavy (non-hydrogen) atoms. The molecule has 5 heteroatoms. The highest BCUT2D eigenvalue weighted by molar-refractivity contribution is 5.60. The van der Waals surface area contributed by atoms with Crippen LogP contribution in [-0.4, -0.2) is 17.1 Å². The summed E-state index contributed by atoms with van der Waals surface area (Å²) in [5.41, 5.74) is 1.82. The Kier molecular flexibility index (Phi) is 11.9. The standard InChI is InChI=1S/C12H16N2O.C11H14F2.C2H2/c1-5-11(15-4)8-9(2)12-13-7-6-10(3)14-12;1-4-8-5-6-9(12)7-10(8)11(2,3)13;1-2/h5-8H,1-4H3;5-7H,4H2,1-3H3;1-2H/b9-8+,11-5+;;. The van der Waals surface area contributed by atoms with Crippen molar-refractivity contribution in [2.45, 2.75) is 53.6 Å². The van der Waals surface area contributed by atoms with Crippen LogP contribution < -0.4 is 0 Å². The second-order valence-corrected chi connectivity index (χ2v) is 6.87. The lowest BCUT2D eigenvalue weighted by atomic mass is 9.93. The van der Waals surface area contributed by atoms with Crippen molar-refractivity contribution < 1.29 is 13.5 Å². The number of terminal acetylenes is 1. The van der Waals surface area contributed by atoms with Crippen LogP contribution in [-0.2, 0) is 16.8 Å². The summed E-state index contributed by atoms with van der Waals surface area (Å²) in [6.45, 7) is 10.7. The molecule has 0 spiro atoms. The Bertz CT molecular complexity index is 878. The molecule has 1 aromatic carbocycles. The largest absolute Gasteiger partial charge is 0.497 e. The summed E-state index contributed by atoms with van der Waals surface area (Å²) in [6, 6.07) is 6.17. The zero-order valence-corrected chi connectivity index (χ0v) is 19.0. The van der Waals surface area contributed by atoms with E-state index in [0.717, 1.165) is 34.8 Å². The Morgan fingerprint density at radius 3 is 2.33 bits per heavy atom. The molecular formula is C25H32F2N2O. The number of benzene rings is 1. The zero-order valence-electron chi connectivity index (χ0n) is 19.0. The van der Waals surface area contributed by atoms with E-state index < -0.39 is 5.67 Å².